The summed E-state index contributed by atoms with van der Waals surface area (Å²) in [6.45, 7) is 3.94. The van der Waals surface area contributed by atoms with Gasteiger partial charge in [-0.2, -0.15) is 0 Å². The van der Waals surface area contributed by atoms with E-state index in [0.717, 1.165) is 0 Å². The van der Waals surface area contributed by atoms with Crippen LogP contribution in [0, 0.1) is 5.92 Å². The summed E-state index contributed by atoms with van der Waals surface area (Å²) in [5.41, 5.74) is 1.45. The second-order valence-electron chi connectivity index (χ2n) is 7.24. The van der Waals surface area contributed by atoms with Crippen molar-refractivity contribution >= 4 is 29.3 Å². The Kier molecular flexibility index (Phi) is 7.18. The first-order valence-electron chi connectivity index (χ1n) is 10.3. The molecule has 0 aromatic heterocycles. The van der Waals surface area contributed by atoms with Gasteiger partial charge >= 0.3 is 11.9 Å². The zero-order valence-corrected chi connectivity index (χ0v) is 17.6. The van der Waals surface area contributed by atoms with Crippen LogP contribution in [0.4, 0.5) is 5.69 Å². The summed E-state index contributed by atoms with van der Waals surface area (Å²) in [5, 5.41) is 0. The lowest BCUT2D eigenvalue weighted by molar-refractivity contribution is -0.151. The molecule has 7 nitrogen and oxygen atoms in total. The first kappa shape index (κ1) is 22.2. The molecule has 2 aromatic carbocycles. The first-order valence-corrected chi connectivity index (χ1v) is 10.3. The number of benzene rings is 2. The van der Waals surface area contributed by atoms with E-state index in [2.05, 4.69) is 0 Å². The Hall–Kier alpha value is -3.48. The Morgan fingerprint density at radius 1 is 1.00 bits per heavy atom. The summed E-state index contributed by atoms with van der Waals surface area (Å²) in [6, 6.07) is 15.1. The summed E-state index contributed by atoms with van der Waals surface area (Å²) in [4.78, 5) is 51.0. The van der Waals surface area contributed by atoms with E-state index in [4.69, 9.17) is 9.47 Å². The van der Waals surface area contributed by atoms with Crippen LogP contribution in [0.25, 0.3) is 0 Å². The van der Waals surface area contributed by atoms with Gasteiger partial charge in [0.05, 0.1) is 18.1 Å². The van der Waals surface area contributed by atoms with Crippen molar-refractivity contribution in [3.05, 3.63) is 65.7 Å². The summed E-state index contributed by atoms with van der Waals surface area (Å²) >= 11 is 0. The molecule has 0 spiro atoms. The van der Waals surface area contributed by atoms with Crippen LogP contribution >= 0.6 is 0 Å². The van der Waals surface area contributed by atoms with E-state index < -0.39 is 24.0 Å². The van der Waals surface area contributed by atoms with Gasteiger partial charge in [-0.05, 0) is 37.6 Å². The monoisotopic (exact) mass is 423 g/mol. The lowest BCUT2D eigenvalue weighted by Gasteiger charge is -2.19. The molecule has 1 saturated heterocycles. The molecule has 1 amide bonds. The molecule has 1 fully saturated rings. The number of amides is 1. The predicted molar refractivity (Wildman–Crippen MR) is 114 cm³/mol. The van der Waals surface area contributed by atoms with Gasteiger partial charge in [0, 0.05) is 24.2 Å². The highest BCUT2D eigenvalue weighted by molar-refractivity contribution is 6.02. The minimum Gasteiger partial charge on any atom is -0.462 e. The van der Waals surface area contributed by atoms with Crippen LogP contribution in [0.2, 0.25) is 0 Å². The number of anilines is 1. The molecule has 0 aliphatic carbocycles. The number of nitrogens with zero attached hydrogens (tertiary/aromatic N) is 1. The van der Waals surface area contributed by atoms with E-state index in [9.17, 15) is 19.2 Å². The van der Waals surface area contributed by atoms with Crippen molar-refractivity contribution in [2.24, 2.45) is 5.92 Å². The van der Waals surface area contributed by atoms with Crippen LogP contribution in [0.1, 0.15) is 47.4 Å². The molecule has 162 valence electrons. The molecular weight excluding hydrogens is 398 g/mol. The summed E-state index contributed by atoms with van der Waals surface area (Å²) in [5.74, 6) is -2.12. The van der Waals surface area contributed by atoms with Crippen molar-refractivity contribution < 1.29 is 28.7 Å². The number of Topliss-reactive ketones (excluding diaryl/α,β-unsaturated/α-hetero) is 1. The summed E-state index contributed by atoms with van der Waals surface area (Å²) < 4.78 is 10.4. The highest BCUT2D eigenvalue weighted by Gasteiger charge is 2.37. The van der Waals surface area contributed by atoms with Gasteiger partial charge in [0.1, 0.15) is 0 Å². The van der Waals surface area contributed by atoms with Crippen molar-refractivity contribution in [2.45, 2.75) is 32.8 Å². The number of rotatable bonds is 8. The van der Waals surface area contributed by atoms with Crippen molar-refractivity contribution in [2.75, 3.05) is 18.1 Å². The van der Waals surface area contributed by atoms with Crippen LogP contribution in [-0.2, 0) is 19.1 Å². The Morgan fingerprint density at radius 2 is 1.68 bits per heavy atom. The lowest BCUT2D eigenvalue weighted by atomic mass is 10.0. The normalized spacial score (nSPS) is 16.6. The lowest BCUT2D eigenvalue weighted by Crippen LogP contribution is -2.31. The SMILES string of the molecule is CCOC(=O)c1ccc(N2C[C@@H](C(=O)O[C@@H](CC)C(=O)c3ccccc3)CC2=O)cc1. The molecule has 1 aliphatic rings. The topological polar surface area (TPSA) is 90.0 Å². The molecule has 1 aliphatic heterocycles. The van der Waals surface area contributed by atoms with Gasteiger partial charge in [-0.1, -0.05) is 37.3 Å². The number of esters is 2. The largest absolute Gasteiger partial charge is 0.462 e. The average molecular weight is 423 g/mol. The average Bonchev–Trinajstić information content (AvgIpc) is 3.19. The third-order valence-electron chi connectivity index (χ3n) is 5.13. The van der Waals surface area contributed by atoms with Gasteiger partial charge in [0.25, 0.3) is 0 Å². The minimum atomic E-state index is -0.886. The number of hydrogen-bond acceptors (Lipinski definition) is 6. The Balaban J connectivity index is 1.64. The molecule has 3 rings (SSSR count). The van der Waals surface area contributed by atoms with Crippen LogP contribution in [0.3, 0.4) is 0 Å². The first-order chi connectivity index (χ1) is 14.9. The number of ether oxygens (including phenoxy) is 2. The maximum atomic E-state index is 12.7. The second kappa shape index (κ2) is 10.0. The van der Waals surface area contributed by atoms with Crippen LogP contribution in [0.5, 0.6) is 0 Å². The summed E-state index contributed by atoms with van der Waals surface area (Å²) in [7, 11) is 0. The maximum Gasteiger partial charge on any atom is 0.338 e. The van der Waals surface area contributed by atoms with E-state index in [-0.39, 0.29) is 31.3 Å². The fraction of sp³-hybridized carbons (Fsp3) is 0.333. The fourth-order valence-corrected chi connectivity index (χ4v) is 3.45. The van der Waals surface area contributed by atoms with Gasteiger partial charge in [-0.3, -0.25) is 14.4 Å². The molecule has 0 saturated carbocycles. The number of hydrogen-bond donors (Lipinski definition) is 0. The number of carbonyl (C=O) groups excluding carboxylic acids is 4. The summed E-state index contributed by atoms with van der Waals surface area (Å²) in [6.07, 6.45) is -0.531. The number of ketones is 1. The van der Waals surface area contributed by atoms with Crippen LogP contribution < -0.4 is 4.90 Å². The highest BCUT2D eigenvalue weighted by atomic mass is 16.5. The van der Waals surface area contributed by atoms with E-state index in [0.29, 0.717) is 23.2 Å². The fourth-order valence-electron chi connectivity index (χ4n) is 3.45. The molecule has 2 aromatic rings. The molecule has 1 heterocycles. The van der Waals surface area contributed by atoms with Gasteiger partial charge in [0.15, 0.2) is 6.10 Å². The van der Waals surface area contributed by atoms with Crippen molar-refractivity contribution in [1.29, 1.82) is 0 Å². The second-order valence-corrected chi connectivity index (χ2v) is 7.24. The molecule has 31 heavy (non-hydrogen) atoms. The zero-order chi connectivity index (χ0) is 22.4. The molecule has 0 bridgehead atoms. The van der Waals surface area contributed by atoms with Gasteiger partial charge < -0.3 is 14.4 Å². The quantitative estimate of drug-likeness (QED) is 0.477. The molecule has 0 radical (unpaired) electrons. The molecule has 7 heteroatoms. The molecular formula is C24H25NO6. The Bertz CT molecular complexity index is 954. The molecule has 0 N–H and O–H groups in total. The van der Waals surface area contributed by atoms with E-state index in [1.165, 1.54) is 4.90 Å². The predicted octanol–water partition coefficient (Wildman–Crippen LogP) is 3.42. The van der Waals surface area contributed by atoms with Crippen molar-refractivity contribution in [3.63, 3.8) is 0 Å². The van der Waals surface area contributed by atoms with Gasteiger partial charge in [-0.25, -0.2) is 4.79 Å². The standard InChI is InChI=1S/C24H25NO6/c1-3-20(22(27)16-8-6-5-7-9-16)31-24(29)18-14-21(26)25(15-18)19-12-10-17(11-13-19)23(28)30-4-2/h5-13,18,20H,3-4,14-15H2,1-2H3/t18-,20-/m0/s1. The van der Waals surface area contributed by atoms with Crippen molar-refractivity contribution in [1.82, 2.24) is 0 Å². The van der Waals surface area contributed by atoms with Gasteiger partial charge in [0.2, 0.25) is 11.7 Å². The minimum absolute atomic E-state index is 0.00836. The third kappa shape index (κ3) is 5.17. The van der Waals surface area contributed by atoms with E-state index in [1.54, 1.807) is 62.4 Å². The van der Waals surface area contributed by atoms with Crippen LogP contribution in [-0.4, -0.2) is 42.9 Å². The van der Waals surface area contributed by atoms with Crippen molar-refractivity contribution in [3.8, 4) is 0 Å². The smallest absolute Gasteiger partial charge is 0.338 e. The van der Waals surface area contributed by atoms with Gasteiger partial charge in [-0.15, -0.1) is 0 Å². The maximum absolute atomic E-state index is 12.7. The zero-order valence-electron chi connectivity index (χ0n) is 17.6. The third-order valence-corrected chi connectivity index (χ3v) is 5.13. The molecule has 0 unspecified atom stereocenters. The molecule has 2 atom stereocenters. The highest BCUT2D eigenvalue weighted by Crippen LogP contribution is 2.27. The number of carbonyl (C=O) groups is 4. The van der Waals surface area contributed by atoms with Crippen LogP contribution in [0.15, 0.2) is 54.6 Å². The van der Waals surface area contributed by atoms with E-state index >= 15 is 0 Å². The Labute approximate surface area is 180 Å². The van der Waals surface area contributed by atoms with E-state index in [1.807, 2.05) is 6.07 Å². The Morgan fingerprint density at radius 3 is 2.29 bits per heavy atom.